The first-order valence-corrected chi connectivity index (χ1v) is 5.77. The summed E-state index contributed by atoms with van der Waals surface area (Å²) in [4.78, 5) is 3.96. The molecule has 0 saturated heterocycles. The molecule has 0 fully saturated rings. The Labute approximate surface area is 102 Å². The van der Waals surface area contributed by atoms with Crippen LogP contribution in [0.3, 0.4) is 0 Å². The maximum atomic E-state index is 4.14. The highest BCUT2D eigenvalue weighted by Gasteiger charge is 2.10. The number of rotatable bonds is 4. The Hall–Kier alpha value is -1.68. The second-order valence-corrected chi connectivity index (χ2v) is 4.30. The van der Waals surface area contributed by atoms with Crippen molar-refractivity contribution in [3.8, 4) is 0 Å². The minimum absolute atomic E-state index is 0.260. The number of benzene rings is 1. The van der Waals surface area contributed by atoms with E-state index in [4.69, 9.17) is 0 Å². The van der Waals surface area contributed by atoms with Crippen molar-refractivity contribution in [2.24, 2.45) is 0 Å². The number of hydrogen-bond acceptors (Lipinski definition) is 3. The van der Waals surface area contributed by atoms with Gasteiger partial charge in [-0.05, 0) is 37.6 Å². The van der Waals surface area contributed by atoms with Gasteiger partial charge in [-0.1, -0.05) is 18.2 Å². The highest BCUT2D eigenvalue weighted by atomic mass is 15.3. The molecule has 1 atom stereocenters. The molecule has 0 saturated carbocycles. The Kier molecular flexibility index (Phi) is 3.54. The van der Waals surface area contributed by atoms with Gasteiger partial charge in [0.15, 0.2) is 0 Å². The van der Waals surface area contributed by atoms with Crippen LogP contribution in [0.5, 0.6) is 0 Å². The molecule has 17 heavy (non-hydrogen) atoms. The molecule has 4 heteroatoms. The van der Waals surface area contributed by atoms with Crippen molar-refractivity contribution >= 4 is 0 Å². The van der Waals surface area contributed by atoms with Gasteiger partial charge in [0.2, 0.25) is 0 Å². The van der Waals surface area contributed by atoms with Gasteiger partial charge in [0, 0.05) is 0 Å². The molecular weight excluding hydrogens is 212 g/mol. The molecule has 2 rings (SSSR count). The minimum Gasteiger partial charge on any atom is -0.311 e. The van der Waals surface area contributed by atoms with Gasteiger partial charge < -0.3 is 5.32 Å². The maximum Gasteiger partial charge on any atom is 0.137 e. The summed E-state index contributed by atoms with van der Waals surface area (Å²) in [6, 6.07) is 6.82. The molecular formula is C13H18N4. The van der Waals surface area contributed by atoms with Crippen molar-refractivity contribution < 1.29 is 0 Å². The lowest BCUT2D eigenvalue weighted by Gasteiger charge is -2.17. The monoisotopic (exact) mass is 230 g/mol. The molecule has 0 aliphatic carbocycles. The first-order chi connectivity index (χ1) is 8.20. The average molecular weight is 230 g/mol. The quantitative estimate of drug-likeness (QED) is 0.871. The third kappa shape index (κ3) is 2.71. The third-order valence-corrected chi connectivity index (χ3v) is 3.12. The first-order valence-electron chi connectivity index (χ1n) is 5.77. The molecule has 0 bridgehead atoms. The van der Waals surface area contributed by atoms with Crippen LogP contribution in [0.2, 0.25) is 0 Å². The van der Waals surface area contributed by atoms with E-state index >= 15 is 0 Å². The zero-order valence-corrected chi connectivity index (χ0v) is 10.5. The predicted octanol–water partition coefficient (Wildman–Crippen LogP) is 1.86. The van der Waals surface area contributed by atoms with E-state index in [1.807, 2.05) is 11.7 Å². The molecule has 0 amide bonds. The Bertz CT molecular complexity index is 476. The van der Waals surface area contributed by atoms with Gasteiger partial charge in [0.25, 0.3) is 0 Å². The zero-order valence-electron chi connectivity index (χ0n) is 10.5. The molecule has 2 aromatic rings. The van der Waals surface area contributed by atoms with Gasteiger partial charge in [-0.2, -0.15) is 5.10 Å². The van der Waals surface area contributed by atoms with Crippen LogP contribution >= 0.6 is 0 Å². The van der Waals surface area contributed by atoms with E-state index in [1.165, 1.54) is 16.7 Å². The summed E-state index contributed by atoms with van der Waals surface area (Å²) < 4.78 is 1.84. The molecule has 0 spiro atoms. The number of aryl methyl sites for hydroxylation is 2. The van der Waals surface area contributed by atoms with Gasteiger partial charge in [0.05, 0.1) is 12.6 Å². The van der Waals surface area contributed by atoms with E-state index in [-0.39, 0.29) is 6.04 Å². The topological polar surface area (TPSA) is 42.7 Å². The van der Waals surface area contributed by atoms with E-state index in [0.29, 0.717) is 0 Å². The van der Waals surface area contributed by atoms with E-state index in [9.17, 15) is 0 Å². The average Bonchev–Trinajstić information content (AvgIpc) is 2.82. The largest absolute Gasteiger partial charge is 0.311 e. The maximum absolute atomic E-state index is 4.14. The van der Waals surface area contributed by atoms with Crippen molar-refractivity contribution in [3.05, 3.63) is 47.5 Å². The lowest BCUT2D eigenvalue weighted by molar-refractivity contribution is 0.467. The summed E-state index contributed by atoms with van der Waals surface area (Å²) in [5, 5.41) is 7.45. The number of hydrogen-bond donors (Lipinski definition) is 1. The summed E-state index contributed by atoms with van der Waals surface area (Å²) in [7, 11) is 1.97. The molecule has 0 aliphatic rings. The standard InChI is InChI=1S/C13H18N4/c1-10-4-5-12(6-11(10)2)13(14-3)7-17-9-15-8-16-17/h4-6,8-9,13-14H,7H2,1-3H3. The SMILES string of the molecule is CNC(Cn1cncn1)c1ccc(C)c(C)c1. The van der Waals surface area contributed by atoms with Crippen LogP contribution in [0.15, 0.2) is 30.9 Å². The van der Waals surface area contributed by atoms with Gasteiger partial charge in [-0.15, -0.1) is 0 Å². The Morgan fingerprint density at radius 3 is 2.71 bits per heavy atom. The van der Waals surface area contributed by atoms with E-state index < -0.39 is 0 Å². The van der Waals surface area contributed by atoms with Crippen LogP contribution in [0.4, 0.5) is 0 Å². The lowest BCUT2D eigenvalue weighted by atomic mass is 10.0. The molecule has 1 aromatic heterocycles. The predicted molar refractivity (Wildman–Crippen MR) is 67.7 cm³/mol. The summed E-state index contributed by atoms with van der Waals surface area (Å²) in [6.45, 7) is 5.06. The lowest BCUT2D eigenvalue weighted by Crippen LogP contribution is -2.22. The van der Waals surface area contributed by atoms with Gasteiger partial charge in [-0.3, -0.25) is 4.68 Å². The Balaban J connectivity index is 2.20. The van der Waals surface area contributed by atoms with Gasteiger partial charge in [-0.25, -0.2) is 4.98 Å². The zero-order chi connectivity index (χ0) is 12.3. The minimum atomic E-state index is 0.260. The normalized spacial score (nSPS) is 12.6. The summed E-state index contributed by atoms with van der Waals surface area (Å²) >= 11 is 0. The summed E-state index contributed by atoms with van der Waals surface area (Å²) in [5.41, 5.74) is 3.93. The smallest absolute Gasteiger partial charge is 0.137 e. The second-order valence-electron chi connectivity index (χ2n) is 4.30. The fourth-order valence-electron chi connectivity index (χ4n) is 1.86. The third-order valence-electron chi connectivity index (χ3n) is 3.12. The number of aromatic nitrogens is 3. The molecule has 0 aliphatic heterocycles. The molecule has 0 radical (unpaired) electrons. The van der Waals surface area contributed by atoms with Crippen molar-refractivity contribution in [2.75, 3.05) is 7.05 Å². The highest BCUT2D eigenvalue weighted by molar-refractivity contribution is 5.31. The fourth-order valence-corrected chi connectivity index (χ4v) is 1.86. The van der Waals surface area contributed by atoms with Crippen LogP contribution in [0.25, 0.3) is 0 Å². The van der Waals surface area contributed by atoms with Crippen LogP contribution in [0, 0.1) is 13.8 Å². The van der Waals surface area contributed by atoms with E-state index in [2.05, 4.69) is 47.4 Å². The number of likely N-dealkylation sites (N-methyl/N-ethyl adjacent to an activating group) is 1. The van der Waals surface area contributed by atoms with Crippen molar-refractivity contribution in [3.63, 3.8) is 0 Å². The molecule has 4 nitrogen and oxygen atoms in total. The van der Waals surface area contributed by atoms with Crippen LogP contribution in [0.1, 0.15) is 22.7 Å². The van der Waals surface area contributed by atoms with E-state index in [1.54, 1.807) is 12.7 Å². The highest BCUT2D eigenvalue weighted by Crippen LogP contribution is 2.18. The van der Waals surface area contributed by atoms with Crippen molar-refractivity contribution in [1.82, 2.24) is 20.1 Å². The molecule has 1 unspecified atom stereocenters. The van der Waals surface area contributed by atoms with Gasteiger partial charge >= 0.3 is 0 Å². The summed E-state index contributed by atoms with van der Waals surface area (Å²) in [6.07, 6.45) is 3.30. The first kappa shape index (κ1) is 11.8. The Morgan fingerprint density at radius 1 is 1.29 bits per heavy atom. The van der Waals surface area contributed by atoms with Gasteiger partial charge in [0.1, 0.15) is 12.7 Å². The second kappa shape index (κ2) is 5.10. The van der Waals surface area contributed by atoms with E-state index in [0.717, 1.165) is 6.54 Å². The molecule has 1 heterocycles. The van der Waals surface area contributed by atoms with Crippen LogP contribution < -0.4 is 5.32 Å². The van der Waals surface area contributed by atoms with Crippen LogP contribution in [-0.4, -0.2) is 21.8 Å². The summed E-state index contributed by atoms with van der Waals surface area (Å²) in [5.74, 6) is 0. The number of nitrogens with zero attached hydrogens (tertiary/aromatic N) is 3. The Morgan fingerprint density at radius 2 is 2.12 bits per heavy atom. The number of nitrogens with one attached hydrogen (secondary N) is 1. The van der Waals surface area contributed by atoms with Crippen molar-refractivity contribution in [1.29, 1.82) is 0 Å². The van der Waals surface area contributed by atoms with Crippen LogP contribution in [-0.2, 0) is 6.54 Å². The molecule has 1 N–H and O–H groups in total. The fraction of sp³-hybridized carbons (Fsp3) is 0.385. The molecule has 90 valence electrons. The van der Waals surface area contributed by atoms with Crippen molar-refractivity contribution in [2.45, 2.75) is 26.4 Å². The molecule has 1 aromatic carbocycles.